The van der Waals surface area contributed by atoms with Crippen LogP contribution in [-0.2, 0) is 4.74 Å². The second-order valence-electron chi connectivity index (χ2n) is 4.65. The van der Waals surface area contributed by atoms with E-state index in [-0.39, 0.29) is 17.0 Å². The van der Waals surface area contributed by atoms with E-state index in [2.05, 4.69) is 0 Å². The predicted octanol–water partition coefficient (Wildman–Crippen LogP) is 2.56. The number of carbonyl (C=O) groups excluding carboxylic acids is 1. The summed E-state index contributed by atoms with van der Waals surface area (Å²) in [6, 6.07) is 3.95. The molecule has 0 aromatic heterocycles. The minimum Gasteiger partial charge on any atom is -0.490 e. The van der Waals surface area contributed by atoms with Crippen LogP contribution in [0.5, 0.6) is 5.75 Å². The summed E-state index contributed by atoms with van der Waals surface area (Å²) in [6.07, 6.45) is 0. The van der Waals surface area contributed by atoms with E-state index in [4.69, 9.17) is 9.47 Å². The molecule has 98 valence electrons. The van der Waals surface area contributed by atoms with Gasteiger partial charge < -0.3 is 9.47 Å². The van der Waals surface area contributed by atoms with Crippen LogP contribution in [0.2, 0.25) is 0 Å². The zero-order valence-electron chi connectivity index (χ0n) is 10.7. The van der Waals surface area contributed by atoms with Crippen molar-refractivity contribution in [1.82, 2.24) is 0 Å². The summed E-state index contributed by atoms with van der Waals surface area (Å²) >= 11 is 0. The number of nitro benzene ring substituents is 1. The van der Waals surface area contributed by atoms with Gasteiger partial charge in [0.15, 0.2) is 5.75 Å². The lowest BCUT2D eigenvalue weighted by molar-refractivity contribution is -0.385. The normalized spacial score (nSPS) is 10.9. The highest BCUT2D eigenvalue weighted by molar-refractivity contribution is 5.90. The molecule has 0 amide bonds. The van der Waals surface area contributed by atoms with Gasteiger partial charge in [-0.2, -0.15) is 0 Å². The smallest absolute Gasteiger partial charge is 0.338 e. The molecule has 1 aromatic carbocycles. The van der Waals surface area contributed by atoms with Crippen molar-refractivity contribution < 1.29 is 19.2 Å². The van der Waals surface area contributed by atoms with Crippen LogP contribution in [0, 0.1) is 10.1 Å². The Hall–Kier alpha value is -2.11. The molecule has 0 aliphatic rings. The molecular weight excluding hydrogens is 238 g/mol. The van der Waals surface area contributed by atoms with Crippen molar-refractivity contribution in [2.24, 2.45) is 0 Å². The highest BCUT2D eigenvalue weighted by atomic mass is 16.6. The van der Waals surface area contributed by atoms with Gasteiger partial charge in [-0.3, -0.25) is 10.1 Å². The van der Waals surface area contributed by atoms with Crippen molar-refractivity contribution in [3.05, 3.63) is 33.9 Å². The van der Waals surface area contributed by atoms with Crippen molar-refractivity contribution in [3.8, 4) is 5.75 Å². The van der Waals surface area contributed by atoms with Crippen LogP contribution in [0.15, 0.2) is 18.2 Å². The second-order valence-corrected chi connectivity index (χ2v) is 4.65. The number of hydrogen-bond donors (Lipinski definition) is 0. The molecule has 1 aromatic rings. The average Bonchev–Trinajstić information content (AvgIpc) is 2.25. The fourth-order valence-corrected chi connectivity index (χ4v) is 1.30. The van der Waals surface area contributed by atoms with Gasteiger partial charge in [0.05, 0.1) is 17.6 Å². The van der Waals surface area contributed by atoms with Crippen molar-refractivity contribution in [1.29, 1.82) is 0 Å². The molecule has 0 fully saturated rings. The summed E-state index contributed by atoms with van der Waals surface area (Å²) in [5.74, 6) is -0.499. The van der Waals surface area contributed by atoms with Gasteiger partial charge in [-0.25, -0.2) is 4.79 Å². The summed E-state index contributed by atoms with van der Waals surface area (Å²) in [6.45, 7) is 5.18. The highest BCUT2D eigenvalue weighted by Crippen LogP contribution is 2.28. The molecular formula is C12H15NO5. The summed E-state index contributed by atoms with van der Waals surface area (Å²) in [4.78, 5) is 22.0. The molecule has 6 nitrogen and oxygen atoms in total. The molecule has 18 heavy (non-hydrogen) atoms. The largest absolute Gasteiger partial charge is 0.490 e. The van der Waals surface area contributed by atoms with Crippen LogP contribution < -0.4 is 4.74 Å². The minimum atomic E-state index is -0.647. The number of rotatable bonds is 3. The third kappa shape index (κ3) is 3.44. The molecule has 0 aliphatic carbocycles. The third-order valence-electron chi connectivity index (χ3n) is 2.01. The maximum absolute atomic E-state index is 11.7. The number of methoxy groups -OCH3 is 1. The van der Waals surface area contributed by atoms with E-state index in [1.165, 1.54) is 19.2 Å². The van der Waals surface area contributed by atoms with Crippen LogP contribution in [0.1, 0.15) is 31.1 Å². The fourth-order valence-electron chi connectivity index (χ4n) is 1.30. The van der Waals surface area contributed by atoms with E-state index in [9.17, 15) is 14.9 Å². The Morgan fingerprint density at radius 3 is 2.39 bits per heavy atom. The Morgan fingerprint density at radius 2 is 1.94 bits per heavy atom. The first-order valence-electron chi connectivity index (χ1n) is 5.30. The van der Waals surface area contributed by atoms with Crippen molar-refractivity contribution >= 4 is 11.7 Å². The van der Waals surface area contributed by atoms with Gasteiger partial charge in [0, 0.05) is 6.07 Å². The standard InChI is InChI=1S/C12H15NO5/c1-12(2,3)18-11(14)8-5-6-10(17-4)9(7-8)13(15)16/h5-7H,1-4H3. The molecule has 0 aliphatic heterocycles. The topological polar surface area (TPSA) is 78.7 Å². The van der Waals surface area contributed by atoms with Crippen LogP contribution >= 0.6 is 0 Å². The number of carbonyl (C=O) groups is 1. The van der Waals surface area contributed by atoms with Crippen molar-refractivity contribution in [2.45, 2.75) is 26.4 Å². The van der Waals surface area contributed by atoms with Crippen LogP contribution in [0.3, 0.4) is 0 Å². The van der Waals surface area contributed by atoms with Gasteiger partial charge in [-0.05, 0) is 32.9 Å². The fraction of sp³-hybridized carbons (Fsp3) is 0.417. The Kier molecular flexibility index (Phi) is 3.90. The monoisotopic (exact) mass is 253 g/mol. The maximum atomic E-state index is 11.7. The van der Waals surface area contributed by atoms with E-state index in [0.29, 0.717) is 0 Å². The quantitative estimate of drug-likeness (QED) is 0.470. The molecule has 0 N–H and O–H groups in total. The molecule has 0 radical (unpaired) electrons. The molecule has 0 atom stereocenters. The molecule has 0 heterocycles. The average molecular weight is 253 g/mol. The first-order valence-corrected chi connectivity index (χ1v) is 5.30. The van der Waals surface area contributed by atoms with Crippen LogP contribution in [-0.4, -0.2) is 23.6 Å². The molecule has 0 spiro atoms. The van der Waals surface area contributed by atoms with Gasteiger partial charge in [0.25, 0.3) is 0 Å². The molecule has 1 rings (SSSR count). The first kappa shape index (κ1) is 14.0. The number of ether oxygens (including phenoxy) is 2. The lowest BCUT2D eigenvalue weighted by Crippen LogP contribution is -2.23. The summed E-state index contributed by atoms with van der Waals surface area (Å²) in [7, 11) is 1.33. The number of esters is 1. The first-order chi connectivity index (χ1) is 8.24. The molecule has 0 saturated heterocycles. The summed E-state index contributed by atoms with van der Waals surface area (Å²) in [5, 5.41) is 10.8. The Morgan fingerprint density at radius 1 is 1.33 bits per heavy atom. The van der Waals surface area contributed by atoms with Crippen LogP contribution in [0.4, 0.5) is 5.69 Å². The number of nitrogens with zero attached hydrogens (tertiary/aromatic N) is 1. The lowest BCUT2D eigenvalue weighted by atomic mass is 10.1. The van der Waals surface area contributed by atoms with Gasteiger partial charge in [-0.15, -0.1) is 0 Å². The zero-order valence-corrected chi connectivity index (χ0v) is 10.7. The second kappa shape index (κ2) is 5.03. The number of hydrogen-bond acceptors (Lipinski definition) is 5. The van der Waals surface area contributed by atoms with Gasteiger partial charge in [0.2, 0.25) is 0 Å². The third-order valence-corrected chi connectivity index (χ3v) is 2.01. The van der Waals surface area contributed by atoms with Crippen molar-refractivity contribution in [3.63, 3.8) is 0 Å². The van der Waals surface area contributed by atoms with E-state index in [1.807, 2.05) is 0 Å². The number of nitro groups is 1. The van der Waals surface area contributed by atoms with Gasteiger partial charge in [0.1, 0.15) is 5.60 Å². The minimum absolute atomic E-state index is 0.104. The SMILES string of the molecule is COc1ccc(C(=O)OC(C)(C)C)cc1[N+](=O)[O-]. The lowest BCUT2D eigenvalue weighted by Gasteiger charge is -2.19. The van der Waals surface area contributed by atoms with E-state index >= 15 is 0 Å². The summed E-state index contributed by atoms with van der Waals surface area (Å²) < 4.78 is 9.98. The molecule has 6 heteroatoms. The van der Waals surface area contributed by atoms with Gasteiger partial charge in [-0.1, -0.05) is 0 Å². The summed E-state index contributed by atoms with van der Waals surface area (Å²) in [5.41, 5.74) is -0.788. The molecule has 0 saturated carbocycles. The maximum Gasteiger partial charge on any atom is 0.338 e. The Balaban J connectivity index is 3.09. The molecule has 0 unspecified atom stereocenters. The van der Waals surface area contributed by atoms with Crippen LogP contribution in [0.25, 0.3) is 0 Å². The van der Waals surface area contributed by atoms with E-state index in [1.54, 1.807) is 20.8 Å². The van der Waals surface area contributed by atoms with Gasteiger partial charge >= 0.3 is 11.7 Å². The zero-order chi connectivity index (χ0) is 13.9. The van der Waals surface area contributed by atoms with E-state index < -0.39 is 16.5 Å². The highest BCUT2D eigenvalue weighted by Gasteiger charge is 2.22. The van der Waals surface area contributed by atoms with E-state index in [0.717, 1.165) is 6.07 Å². The number of benzene rings is 1. The predicted molar refractivity (Wildman–Crippen MR) is 64.8 cm³/mol. The van der Waals surface area contributed by atoms with Crippen molar-refractivity contribution in [2.75, 3.05) is 7.11 Å². The molecule has 0 bridgehead atoms. The Labute approximate surface area is 105 Å². The Bertz CT molecular complexity index is 476.